The van der Waals surface area contributed by atoms with E-state index in [0.29, 0.717) is 30.4 Å². The SMILES string of the molecule is COc1ccc2c(n1)CC1(CCN(c3nc(C)c(-c4cccc(F)c4F)n4nccc34)CC1)[C@@H]2NS(=O)C(C)(C)C. The fourth-order valence-electron chi connectivity index (χ4n) is 6.18. The zero-order valence-corrected chi connectivity index (χ0v) is 24.7. The van der Waals surface area contributed by atoms with Crippen LogP contribution < -0.4 is 14.4 Å². The van der Waals surface area contributed by atoms with Crippen molar-refractivity contribution in [2.24, 2.45) is 5.41 Å². The molecule has 0 saturated carbocycles. The van der Waals surface area contributed by atoms with Crippen molar-refractivity contribution in [1.82, 2.24) is 24.3 Å². The number of benzene rings is 1. The molecular weight excluding hydrogens is 546 g/mol. The first-order valence-corrected chi connectivity index (χ1v) is 14.9. The second-order valence-electron chi connectivity index (χ2n) is 11.9. The van der Waals surface area contributed by atoms with Crippen LogP contribution in [0.1, 0.15) is 56.6 Å². The molecule has 2 atom stereocenters. The number of aryl methyl sites for hydroxylation is 1. The Labute approximate surface area is 240 Å². The van der Waals surface area contributed by atoms with Gasteiger partial charge >= 0.3 is 0 Å². The molecule has 1 N–H and O–H groups in total. The minimum atomic E-state index is -1.26. The third-order valence-corrected chi connectivity index (χ3v) is 9.94. The normalized spacial score (nSPS) is 19.1. The molecule has 216 valence electrons. The lowest BCUT2D eigenvalue weighted by atomic mass is 9.73. The lowest BCUT2D eigenvalue weighted by Crippen LogP contribution is -2.48. The fraction of sp³-hybridized carbons (Fsp3) is 0.433. The number of hydrogen-bond acceptors (Lipinski definition) is 6. The van der Waals surface area contributed by atoms with Crippen molar-refractivity contribution in [1.29, 1.82) is 0 Å². The van der Waals surface area contributed by atoms with Crippen molar-refractivity contribution in [3.8, 4) is 17.1 Å². The molecule has 11 heteroatoms. The molecule has 1 aliphatic heterocycles. The predicted molar refractivity (Wildman–Crippen MR) is 155 cm³/mol. The third-order valence-electron chi connectivity index (χ3n) is 8.38. The van der Waals surface area contributed by atoms with Crippen LogP contribution in [0, 0.1) is 24.0 Å². The summed E-state index contributed by atoms with van der Waals surface area (Å²) < 4.78 is 52.3. The van der Waals surface area contributed by atoms with Crippen molar-refractivity contribution in [2.45, 2.75) is 57.7 Å². The zero-order valence-electron chi connectivity index (χ0n) is 23.9. The van der Waals surface area contributed by atoms with E-state index in [2.05, 4.69) is 14.7 Å². The van der Waals surface area contributed by atoms with E-state index >= 15 is 0 Å². The summed E-state index contributed by atoms with van der Waals surface area (Å²) in [7, 11) is 0.355. The number of nitrogens with one attached hydrogen (secondary N) is 1. The molecule has 41 heavy (non-hydrogen) atoms. The lowest BCUT2D eigenvalue weighted by molar-refractivity contribution is 0.176. The summed E-state index contributed by atoms with van der Waals surface area (Å²) in [5, 5.41) is 4.46. The number of halogens is 2. The Morgan fingerprint density at radius 2 is 1.85 bits per heavy atom. The standard InChI is InChI=1S/C30H34F2N6O2S/c1-18-26(20-7-6-8-21(31)25(20)32)38-23(11-14-33-38)28(34-18)37-15-12-30(13-16-37)17-22-19(9-10-24(35-22)40-5)27(30)36-41(39)29(2,3)4/h6-11,14,27,36H,12-13,15-17H2,1-5H3/t27-,41?/m1/s1. The molecule has 6 rings (SSSR count). The quantitative estimate of drug-likeness (QED) is 0.344. The van der Waals surface area contributed by atoms with Crippen LogP contribution in [0.2, 0.25) is 0 Å². The molecule has 3 aromatic heterocycles. The van der Waals surface area contributed by atoms with Gasteiger partial charge in [0.05, 0.1) is 46.5 Å². The van der Waals surface area contributed by atoms with Crippen molar-refractivity contribution >= 4 is 22.3 Å². The van der Waals surface area contributed by atoms with Crippen LogP contribution >= 0.6 is 0 Å². The minimum absolute atomic E-state index is 0.110. The molecule has 1 aliphatic carbocycles. The van der Waals surface area contributed by atoms with Gasteiger partial charge in [-0.1, -0.05) is 12.1 Å². The summed E-state index contributed by atoms with van der Waals surface area (Å²) in [6.07, 6.45) is 4.07. The summed E-state index contributed by atoms with van der Waals surface area (Å²) in [6, 6.07) is 9.79. The highest BCUT2D eigenvalue weighted by Gasteiger charge is 2.50. The molecule has 4 aromatic rings. The fourth-order valence-corrected chi connectivity index (χ4v) is 7.12. The molecular formula is C30H34F2N6O2S. The van der Waals surface area contributed by atoms with Crippen molar-refractivity contribution in [3.63, 3.8) is 0 Å². The maximum Gasteiger partial charge on any atom is 0.213 e. The van der Waals surface area contributed by atoms with E-state index in [1.54, 1.807) is 30.8 Å². The zero-order chi connectivity index (χ0) is 29.1. The van der Waals surface area contributed by atoms with E-state index in [0.717, 1.165) is 47.9 Å². The summed E-state index contributed by atoms with van der Waals surface area (Å²) in [6.45, 7) is 9.13. The van der Waals surface area contributed by atoms with Gasteiger partial charge in [0.1, 0.15) is 5.52 Å². The Hall–Kier alpha value is -3.44. The maximum atomic E-state index is 14.8. The summed E-state index contributed by atoms with van der Waals surface area (Å²) >= 11 is 0. The largest absolute Gasteiger partial charge is 0.481 e. The molecule has 1 aromatic carbocycles. The molecule has 1 saturated heterocycles. The van der Waals surface area contributed by atoms with E-state index in [9.17, 15) is 13.0 Å². The molecule has 4 heterocycles. The predicted octanol–water partition coefficient (Wildman–Crippen LogP) is 5.32. The Morgan fingerprint density at radius 1 is 1.10 bits per heavy atom. The van der Waals surface area contributed by atoms with Gasteiger partial charge in [-0.2, -0.15) is 5.10 Å². The monoisotopic (exact) mass is 580 g/mol. The number of hydrogen-bond donors (Lipinski definition) is 1. The number of ether oxygens (including phenoxy) is 1. The van der Waals surface area contributed by atoms with Gasteiger partial charge in [0.25, 0.3) is 0 Å². The number of piperidine rings is 1. The van der Waals surface area contributed by atoms with Crippen LogP contribution in [0.4, 0.5) is 14.6 Å². The van der Waals surface area contributed by atoms with Crippen LogP contribution in [0.5, 0.6) is 5.88 Å². The van der Waals surface area contributed by atoms with Crippen molar-refractivity contribution < 1.29 is 17.7 Å². The summed E-state index contributed by atoms with van der Waals surface area (Å²) in [4.78, 5) is 11.9. The lowest BCUT2D eigenvalue weighted by Gasteiger charge is -2.44. The average molecular weight is 581 g/mol. The second-order valence-corrected chi connectivity index (χ2v) is 13.9. The highest BCUT2D eigenvalue weighted by molar-refractivity contribution is 7.84. The topological polar surface area (TPSA) is 84.7 Å². The van der Waals surface area contributed by atoms with Gasteiger partial charge in [0, 0.05) is 30.4 Å². The van der Waals surface area contributed by atoms with E-state index in [1.165, 1.54) is 6.07 Å². The van der Waals surface area contributed by atoms with Gasteiger partial charge in [-0.3, -0.25) is 0 Å². The van der Waals surface area contributed by atoms with E-state index in [-0.39, 0.29) is 17.0 Å². The molecule has 1 unspecified atom stereocenters. The van der Waals surface area contributed by atoms with Gasteiger partial charge in [-0.15, -0.1) is 0 Å². The Morgan fingerprint density at radius 3 is 2.56 bits per heavy atom. The first-order chi connectivity index (χ1) is 19.5. The molecule has 0 amide bonds. The van der Waals surface area contributed by atoms with Crippen LogP contribution in [0.15, 0.2) is 42.6 Å². The van der Waals surface area contributed by atoms with Crippen LogP contribution in [-0.4, -0.2) is 48.7 Å². The van der Waals surface area contributed by atoms with Crippen molar-refractivity contribution in [2.75, 3.05) is 25.1 Å². The number of nitrogens with zero attached hydrogens (tertiary/aromatic N) is 5. The Bertz CT molecular complexity index is 1660. The number of fused-ring (bicyclic) bond motifs is 2. The van der Waals surface area contributed by atoms with Crippen LogP contribution in [0.3, 0.4) is 0 Å². The molecule has 0 bridgehead atoms. The Balaban J connectivity index is 1.33. The van der Waals surface area contributed by atoms with Crippen LogP contribution in [0.25, 0.3) is 16.8 Å². The van der Waals surface area contributed by atoms with Crippen LogP contribution in [-0.2, 0) is 17.4 Å². The highest BCUT2D eigenvalue weighted by Crippen LogP contribution is 2.52. The third kappa shape index (κ3) is 4.68. The average Bonchev–Trinajstić information content (AvgIpc) is 3.53. The van der Waals surface area contributed by atoms with E-state index in [4.69, 9.17) is 14.7 Å². The van der Waals surface area contributed by atoms with Gasteiger partial charge in [0.15, 0.2) is 17.5 Å². The number of aromatic nitrogens is 4. The molecule has 2 aliphatic rings. The summed E-state index contributed by atoms with van der Waals surface area (Å²) in [5.41, 5.74) is 3.73. The Kier molecular flexibility index (Phi) is 6.85. The van der Waals surface area contributed by atoms with Gasteiger partial charge in [0.2, 0.25) is 5.88 Å². The van der Waals surface area contributed by atoms with Gasteiger partial charge in [-0.25, -0.2) is 32.2 Å². The first-order valence-electron chi connectivity index (χ1n) is 13.8. The van der Waals surface area contributed by atoms with Crippen molar-refractivity contribution in [3.05, 3.63) is 71.2 Å². The first kappa shape index (κ1) is 27.7. The molecule has 0 radical (unpaired) electrons. The smallest absolute Gasteiger partial charge is 0.213 e. The molecule has 8 nitrogen and oxygen atoms in total. The number of pyridine rings is 1. The van der Waals surface area contributed by atoms with E-state index < -0.39 is 27.4 Å². The maximum absolute atomic E-state index is 14.8. The minimum Gasteiger partial charge on any atom is -0.481 e. The number of methoxy groups -OCH3 is 1. The second kappa shape index (κ2) is 10.1. The van der Waals surface area contributed by atoms with Gasteiger partial charge in [-0.05, 0) is 76.1 Å². The van der Waals surface area contributed by atoms with Gasteiger partial charge < -0.3 is 9.64 Å². The number of anilines is 1. The molecule has 1 fully saturated rings. The highest BCUT2D eigenvalue weighted by atomic mass is 32.2. The number of rotatable bonds is 5. The van der Waals surface area contributed by atoms with E-state index in [1.807, 2.05) is 39.0 Å². The summed E-state index contributed by atoms with van der Waals surface area (Å²) in [5.74, 6) is -0.494. The molecule has 1 spiro atoms.